The second-order valence-electron chi connectivity index (χ2n) is 6.82. The summed E-state index contributed by atoms with van der Waals surface area (Å²) < 4.78 is 5.28. The Kier molecular flexibility index (Phi) is 4.99. The number of hydrogen-bond donors (Lipinski definition) is 0. The maximum Gasteiger partial charge on any atom is 0.229 e. The quantitative estimate of drug-likeness (QED) is 0.690. The van der Waals surface area contributed by atoms with Crippen molar-refractivity contribution in [3.8, 4) is 5.75 Å². The van der Waals surface area contributed by atoms with Crippen LogP contribution < -0.4 is 9.64 Å². The topological polar surface area (TPSA) is 45.7 Å². The van der Waals surface area contributed by atoms with Crippen molar-refractivity contribution < 1.29 is 9.53 Å². The lowest BCUT2D eigenvalue weighted by atomic mass is 9.96. The highest BCUT2D eigenvalue weighted by Gasteiger charge is 2.26. The fraction of sp³-hybridized carbons (Fsp3) is 0.333. The number of piperazine rings is 1. The molecule has 140 valence electrons. The van der Waals surface area contributed by atoms with Gasteiger partial charge in [0.05, 0.1) is 13.0 Å². The minimum Gasteiger partial charge on any atom is -0.497 e. The van der Waals surface area contributed by atoms with E-state index in [0.717, 1.165) is 53.4 Å². The molecular formula is C21H23N3O2S. The summed E-state index contributed by atoms with van der Waals surface area (Å²) in [7, 11) is 1.67. The van der Waals surface area contributed by atoms with Crippen molar-refractivity contribution in [2.45, 2.75) is 12.8 Å². The van der Waals surface area contributed by atoms with Crippen LogP contribution in [-0.4, -0.2) is 49.1 Å². The molecule has 5 nitrogen and oxygen atoms in total. The normalized spacial score (nSPS) is 15.8. The minimum atomic E-state index is -0.150. The van der Waals surface area contributed by atoms with E-state index in [0.29, 0.717) is 0 Å². The molecule has 1 aliphatic heterocycles. The first-order valence-corrected chi connectivity index (χ1v) is 10.0. The van der Waals surface area contributed by atoms with E-state index in [-0.39, 0.29) is 11.8 Å². The van der Waals surface area contributed by atoms with Crippen molar-refractivity contribution >= 4 is 33.1 Å². The van der Waals surface area contributed by atoms with Gasteiger partial charge in [-0.2, -0.15) is 0 Å². The third-order valence-corrected chi connectivity index (χ3v) is 6.06. The molecule has 2 heterocycles. The number of rotatable bonds is 4. The molecule has 1 saturated heterocycles. The van der Waals surface area contributed by atoms with Crippen molar-refractivity contribution in [2.24, 2.45) is 0 Å². The molecule has 1 fully saturated rings. The van der Waals surface area contributed by atoms with E-state index in [1.807, 2.05) is 41.6 Å². The summed E-state index contributed by atoms with van der Waals surface area (Å²) in [5, 5.41) is 5.28. The van der Waals surface area contributed by atoms with Gasteiger partial charge in [0, 0.05) is 37.8 Å². The van der Waals surface area contributed by atoms with E-state index in [2.05, 4.69) is 28.1 Å². The second kappa shape index (κ2) is 7.56. The van der Waals surface area contributed by atoms with Crippen molar-refractivity contribution in [1.82, 2.24) is 9.88 Å². The maximum atomic E-state index is 13.0. The molecule has 27 heavy (non-hydrogen) atoms. The van der Waals surface area contributed by atoms with Crippen molar-refractivity contribution in [2.75, 3.05) is 38.2 Å². The van der Waals surface area contributed by atoms with Crippen LogP contribution in [0.2, 0.25) is 0 Å². The molecule has 0 aliphatic carbocycles. The second-order valence-corrected chi connectivity index (χ2v) is 7.69. The Morgan fingerprint density at radius 2 is 1.85 bits per heavy atom. The van der Waals surface area contributed by atoms with Crippen molar-refractivity contribution in [3.05, 3.63) is 53.5 Å². The van der Waals surface area contributed by atoms with Crippen LogP contribution in [0.25, 0.3) is 10.8 Å². The molecule has 0 N–H and O–H groups in total. The smallest absolute Gasteiger partial charge is 0.229 e. The lowest BCUT2D eigenvalue weighted by Crippen LogP contribution is -2.49. The Balaban J connectivity index is 1.45. The Morgan fingerprint density at radius 3 is 2.56 bits per heavy atom. The van der Waals surface area contributed by atoms with Gasteiger partial charge < -0.3 is 14.5 Å². The van der Waals surface area contributed by atoms with Crippen LogP contribution in [0.5, 0.6) is 5.75 Å². The SMILES string of the molecule is COc1ccc2cc([C@H](C)C(=O)N3CCN(c4nccs4)CC3)ccc2c1. The molecule has 3 aromatic rings. The van der Waals surface area contributed by atoms with Gasteiger partial charge in [-0.05, 0) is 35.4 Å². The molecule has 4 rings (SSSR count). The molecule has 1 aliphatic rings. The molecule has 0 unspecified atom stereocenters. The molecule has 6 heteroatoms. The predicted molar refractivity (Wildman–Crippen MR) is 110 cm³/mol. The fourth-order valence-electron chi connectivity index (χ4n) is 3.55. The van der Waals surface area contributed by atoms with E-state index in [1.54, 1.807) is 18.4 Å². The van der Waals surface area contributed by atoms with Crippen molar-refractivity contribution in [3.63, 3.8) is 0 Å². The van der Waals surface area contributed by atoms with Crippen LogP contribution >= 0.6 is 11.3 Å². The summed E-state index contributed by atoms with van der Waals surface area (Å²) in [5.74, 6) is 0.891. The van der Waals surface area contributed by atoms with Crippen LogP contribution in [0.15, 0.2) is 48.0 Å². The zero-order chi connectivity index (χ0) is 18.8. The van der Waals surface area contributed by atoms with Crippen LogP contribution in [0.1, 0.15) is 18.4 Å². The van der Waals surface area contributed by atoms with Crippen LogP contribution in [0.3, 0.4) is 0 Å². The van der Waals surface area contributed by atoms with Crippen molar-refractivity contribution in [1.29, 1.82) is 0 Å². The van der Waals surface area contributed by atoms with E-state index in [1.165, 1.54) is 0 Å². The third kappa shape index (κ3) is 3.62. The standard InChI is InChI=1S/C21H23N3O2S/c1-15(16-3-4-18-14-19(26-2)6-5-17(18)13-16)20(25)23-8-10-24(11-9-23)21-22-7-12-27-21/h3-7,12-15H,8-11H2,1-2H3/t15-/m0/s1. The molecule has 1 aromatic heterocycles. The highest BCUT2D eigenvalue weighted by molar-refractivity contribution is 7.13. The lowest BCUT2D eigenvalue weighted by Gasteiger charge is -2.36. The van der Waals surface area contributed by atoms with Gasteiger partial charge in [0.15, 0.2) is 5.13 Å². The Hall–Kier alpha value is -2.60. The number of hydrogen-bond acceptors (Lipinski definition) is 5. The minimum absolute atomic E-state index is 0.150. The van der Waals surface area contributed by atoms with Gasteiger partial charge in [0.25, 0.3) is 0 Å². The number of carbonyl (C=O) groups is 1. The number of methoxy groups -OCH3 is 1. The van der Waals surface area contributed by atoms with Gasteiger partial charge in [-0.1, -0.05) is 24.3 Å². The van der Waals surface area contributed by atoms with Gasteiger partial charge in [-0.3, -0.25) is 4.79 Å². The first kappa shape index (κ1) is 17.8. The van der Waals surface area contributed by atoms with E-state index in [9.17, 15) is 4.79 Å². The average molecular weight is 382 g/mol. The number of carbonyl (C=O) groups excluding carboxylic acids is 1. The number of aromatic nitrogens is 1. The number of anilines is 1. The van der Waals surface area contributed by atoms with Gasteiger partial charge in [0.2, 0.25) is 5.91 Å². The summed E-state index contributed by atoms with van der Waals surface area (Å²) >= 11 is 1.65. The zero-order valence-electron chi connectivity index (χ0n) is 15.6. The molecule has 0 radical (unpaired) electrons. The van der Waals surface area contributed by atoms with Crippen LogP contribution in [0.4, 0.5) is 5.13 Å². The first-order chi connectivity index (χ1) is 13.2. The van der Waals surface area contributed by atoms with Gasteiger partial charge in [-0.25, -0.2) is 4.98 Å². The van der Waals surface area contributed by atoms with E-state index >= 15 is 0 Å². The molecule has 2 aromatic carbocycles. The summed E-state index contributed by atoms with van der Waals surface area (Å²) in [6.07, 6.45) is 1.83. The number of benzene rings is 2. The molecule has 0 bridgehead atoms. The Morgan fingerprint density at radius 1 is 1.11 bits per heavy atom. The number of thiazole rings is 1. The van der Waals surface area contributed by atoms with Crippen LogP contribution in [0, 0.1) is 0 Å². The lowest BCUT2D eigenvalue weighted by molar-refractivity contribution is -0.132. The maximum absolute atomic E-state index is 13.0. The number of nitrogens with zero attached hydrogens (tertiary/aromatic N) is 3. The Labute approximate surface area is 163 Å². The molecule has 1 amide bonds. The van der Waals surface area contributed by atoms with E-state index in [4.69, 9.17) is 4.74 Å². The fourth-order valence-corrected chi connectivity index (χ4v) is 4.24. The highest BCUT2D eigenvalue weighted by Crippen LogP contribution is 2.27. The summed E-state index contributed by atoms with van der Waals surface area (Å²) in [4.78, 5) is 21.6. The van der Waals surface area contributed by atoms with Gasteiger partial charge in [0.1, 0.15) is 5.75 Å². The number of ether oxygens (including phenoxy) is 1. The first-order valence-electron chi connectivity index (χ1n) is 9.16. The molecule has 0 spiro atoms. The number of fused-ring (bicyclic) bond motifs is 1. The predicted octanol–water partition coefficient (Wildman–Crippen LogP) is 3.76. The third-order valence-electron chi connectivity index (χ3n) is 5.22. The monoisotopic (exact) mass is 381 g/mol. The van der Waals surface area contributed by atoms with Crippen LogP contribution in [-0.2, 0) is 4.79 Å². The van der Waals surface area contributed by atoms with Gasteiger partial charge >= 0.3 is 0 Å². The summed E-state index contributed by atoms with van der Waals surface area (Å²) in [6, 6.07) is 12.2. The van der Waals surface area contributed by atoms with Gasteiger partial charge in [-0.15, -0.1) is 11.3 Å². The van der Waals surface area contributed by atoms with E-state index < -0.39 is 0 Å². The largest absolute Gasteiger partial charge is 0.497 e. The molecule has 1 atom stereocenters. The number of amides is 1. The average Bonchev–Trinajstić information content (AvgIpc) is 3.27. The summed E-state index contributed by atoms with van der Waals surface area (Å²) in [6.45, 7) is 5.16. The zero-order valence-corrected chi connectivity index (χ0v) is 16.4. The highest BCUT2D eigenvalue weighted by atomic mass is 32.1. The molecular weight excluding hydrogens is 358 g/mol. The summed E-state index contributed by atoms with van der Waals surface area (Å²) in [5.41, 5.74) is 1.06. The molecule has 0 saturated carbocycles. The Bertz CT molecular complexity index is 934.